The number of rotatable bonds is 5. The maximum absolute atomic E-state index is 13.4. The van der Waals surface area contributed by atoms with Crippen LogP contribution >= 0.6 is 24.0 Å². The van der Waals surface area contributed by atoms with Crippen molar-refractivity contribution in [2.75, 3.05) is 11.9 Å². The molecule has 1 atom stereocenters. The van der Waals surface area contributed by atoms with Crippen LogP contribution in [0.4, 0.5) is 14.9 Å². The third-order valence-corrected chi connectivity index (χ3v) is 5.15. The van der Waals surface area contributed by atoms with Gasteiger partial charge in [0.15, 0.2) is 0 Å². The first-order valence-corrected chi connectivity index (χ1v) is 10.2. The van der Waals surface area contributed by atoms with E-state index in [1.165, 1.54) is 18.2 Å². The topological polar surface area (TPSA) is 89.5 Å². The molecule has 4 rings (SSSR count). The highest BCUT2D eigenvalue weighted by Crippen LogP contribution is 2.35. The maximum Gasteiger partial charge on any atom is 0.408 e. The number of aromatic nitrogens is 1. The lowest BCUT2D eigenvalue weighted by Crippen LogP contribution is -2.33. The Morgan fingerprint density at radius 3 is 2.79 bits per heavy atom. The van der Waals surface area contributed by atoms with Crippen molar-refractivity contribution in [1.29, 1.82) is 0 Å². The third-order valence-electron chi connectivity index (χ3n) is 4.87. The maximum atomic E-state index is 13.4. The summed E-state index contributed by atoms with van der Waals surface area (Å²) in [7, 11) is 0. The standard InChI is InChI=1S/C23H19ClFN3O4.ClH/c24-18-12-14(7-8-19(18)25)27-22(29)17-6-3-5-16-20(9-11-31-21(16)17)28-23(30)32-13-15-4-1-2-10-26-15;/h1-8,10,12,20H,9,11,13H2,(H,27,29)(H,28,30);1H/t20-;/m0./s1. The summed E-state index contributed by atoms with van der Waals surface area (Å²) >= 11 is 5.78. The molecule has 33 heavy (non-hydrogen) atoms. The van der Waals surface area contributed by atoms with E-state index in [4.69, 9.17) is 21.1 Å². The van der Waals surface area contributed by atoms with Crippen molar-refractivity contribution in [3.63, 3.8) is 0 Å². The predicted molar refractivity (Wildman–Crippen MR) is 123 cm³/mol. The van der Waals surface area contributed by atoms with Crippen LogP contribution in [0.1, 0.15) is 34.1 Å². The molecule has 2 heterocycles. The number of carbonyl (C=O) groups is 2. The van der Waals surface area contributed by atoms with Crippen molar-refractivity contribution < 1.29 is 23.5 Å². The number of nitrogens with zero attached hydrogens (tertiary/aromatic N) is 1. The minimum atomic E-state index is -0.593. The molecule has 0 aliphatic carbocycles. The zero-order valence-electron chi connectivity index (χ0n) is 17.2. The molecule has 0 fully saturated rings. The molecule has 0 unspecified atom stereocenters. The summed E-state index contributed by atoms with van der Waals surface area (Å²) in [6, 6.07) is 14.0. The quantitative estimate of drug-likeness (QED) is 0.505. The SMILES string of the molecule is Cl.O=C(N[C@H]1CCOc2c(C(=O)Nc3ccc(F)c(Cl)c3)cccc21)OCc1ccccn1. The molecule has 0 saturated carbocycles. The van der Waals surface area contributed by atoms with Crippen LogP contribution < -0.4 is 15.4 Å². The van der Waals surface area contributed by atoms with Gasteiger partial charge in [-0.15, -0.1) is 12.4 Å². The van der Waals surface area contributed by atoms with E-state index >= 15 is 0 Å². The Morgan fingerprint density at radius 2 is 2.03 bits per heavy atom. The average molecular weight is 492 g/mol. The van der Waals surface area contributed by atoms with Crippen LogP contribution in [0.2, 0.25) is 5.02 Å². The van der Waals surface area contributed by atoms with Gasteiger partial charge in [0.25, 0.3) is 5.91 Å². The molecule has 172 valence electrons. The number of carbonyl (C=O) groups excluding carboxylic acids is 2. The number of fused-ring (bicyclic) bond motifs is 1. The zero-order valence-corrected chi connectivity index (χ0v) is 18.8. The number of benzene rings is 2. The van der Waals surface area contributed by atoms with Gasteiger partial charge in [-0.1, -0.05) is 29.8 Å². The molecule has 0 spiro atoms. The Balaban J connectivity index is 0.00000306. The molecular weight excluding hydrogens is 472 g/mol. The lowest BCUT2D eigenvalue weighted by molar-refractivity contribution is 0.102. The van der Waals surface area contributed by atoms with Crippen molar-refractivity contribution >= 4 is 41.7 Å². The Morgan fingerprint density at radius 1 is 1.18 bits per heavy atom. The van der Waals surface area contributed by atoms with E-state index in [2.05, 4.69) is 15.6 Å². The van der Waals surface area contributed by atoms with Gasteiger partial charge in [0.2, 0.25) is 0 Å². The summed E-state index contributed by atoms with van der Waals surface area (Å²) in [6.07, 6.45) is 1.55. The van der Waals surface area contributed by atoms with E-state index in [1.54, 1.807) is 36.5 Å². The van der Waals surface area contributed by atoms with E-state index < -0.39 is 17.8 Å². The second kappa shape index (κ2) is 11.0. The first-order chi connectivity index (χ1) is 15.5. The molecule has 2 amide bonds. The molecule has 1 aromatic heterocycles. The lowest BCUT2D eigenvalue weighted by Gasteiger charge is -2.27. The fourth-order valence-electron chi connectivity index (χ4n) is 3.33. The van der Waals surface area contributed by atoms with Crippen molar-refractivity contribution in [2.24, 2.45) is 0 Å². The van der Waals surface area contributed by atoms with Gasteiger partial charge in [-0.25, -0.2) is 9.18 Å². The van der Waals surface area contributed by atoms with Gasteiger partial charge < -0.3 is 20.1 Å². The van der Waals surface area contributed by atoms with E-state index in [-0.39, 0.29) is 35.6 Å². The molecule has 2 aromatic carbocycles. The molecule has 1 aliphatic rings. The van der Waals surface area contributed by atoms with Crippen LogP contribution in [0.15, 0.2) is 60.8 Å². The molecule has 7 nitrogen and oxygen atoms in total. The van der Waals surface area contributed by atoms with Crippen molar-refractivity contribution in [2.45, 2.75) is 19.1 Å². The number of ether oxygens (including phenoxy) is 2. The zero-order chi connectivity index (χ0) is 22.5. The fraction of sp³-hybridized carbons (Fsp3) is 0.174. The second-order valence-electron chi connectivity index (χ2n) is 7.04. The summed E-state index contributed by atoms with van der Waals surface area (Å²) < 4.78 is 24.4. The Labute approximate surface area is 200 Å². The Kier molecular flexibility index (Phi) is 8.08. The van der Waals surface area contributed by atoms with Crippen molar-refractivity contribution in [1.82, 2.24) is 10.3 Å². The van der Waals surface area contributed by atoms with Crippen LogP contribution in [-0.4, -0.2) is 23.6 Å². The van der Waals surface area contributed by atoms with Crippen molar-refractivity contribution in [3.05, 3.63) is 88.5 Å². The summed E-state index contributed by atoms with van der Waals surface area (Å²) in [6.45, 7) is 0.357. The summed E-state index contributed by atoms with van der Waals surface area (Å²) in [5, 5.41) is 5.40. The number of halogens is 3. The summed E-state index contributed by atoms with van der Waals surface area (Å²) in [5.74, 6) is -0.642. The Bertz CT molecular complexity index is 1150. The monoisotopic (exact) mass is 491 g/mol. The number of anilines is 1. The number of alkyl carbamates (subject to hydrolysis) is 1. The van der Waals surface area contributed by atoms with Crippen LogP contribution in [0.5, 0.6) is 5.75 Å². The van der Waals surface area contributed by atoms with E-state index in [0.29, 0.717) is 35.7 Å². The highest BCUT2D eigenvalue weighted by molar-refractivity contribution is 6.31. The molecule has 0 radical (unpaired) electrons. The molecule has 10 heteroatoms. The van der Waals surface area contributed by atoms with Gasteiger partial charge in [-0.2, -0.15) is 0 Å². The number of nitrogens with one attached hydrogen (secondary N) is 2. The van der Waals surface area contributed by atoms with Crippen LogP contribution in [0.3, 0.4) is 0 Å². The smallest absolute Gasteiger partial charge is 0.408 e. The van der Waals surface area contributed by atoms with Gasteiger partial charge in [0.1, 0.15) is 18.2 Å². The van der Waals surface area contributed by atoms with Gasteiger partial charge in [-0.05, 0) is 36.4 Å². The molecule has 0 bridgehead atoms. The third kappa shape index (κ3) is 5.91. The lowest BCUT2D eigenvalue weighted by atomic mass is 9.97. The molecule has 2 N–H and O–H groups in total. The highest BCUT2D eigenvalue weighted by Gasteiger charge is 2.27. The minimum Gasteiger partial charge on any atom is -0.492 e. The van der Waals surface area contributed by atoms with E-state index in [9.17, 15) is 14.0 Å². The Hall–Kier alpha value is -3.36. The van der Waals surface area contributed by atoms with Crippen LogP contribution in [-0.2, 0) is 11.3 Å². The number of para-hydroxylation sites is 1. The van der Waals surface area contributed by atoms with E-state index in [0.717, 1.165) is 0 Å². The van der Waals surface area contributed by atoms with Crippen LogP contribution in [0.25, 0.3) is 0 Å². The van der Waals surface area contributed by atoms with Gasteiger partial charge >= 0.3 is 6.09 Å². The molecule has 3 aromatic rings. The largest absolute Gasteiger partial charge is 0.492 e. The number of hydrogen-bond acceptors (Lipinski definition) is 5. The van der Waals surface area contributed by atoms with Crippen LogP contribution in [0, 0.1) is 5.82 Å². The average Bonchev–Trinajstić information content (AvgIpc) is 2.80. The first kappa shape index (κ1) is 24.3. The van der Waals surface area contributed by atoms with Gasteiger partial charge in [-0.3, -0.25) is 9.78 Å². The predicted octanol–water partition coefficient (Wildman–Crippen LogP) is 5.30. The molecular formula is C23H20Cl2FN3O4. The van der Waals surface area contributed by atoms with Crippen molar-refractivity contribution in [3.8, 4) is 5.75 Å². The fourth-order valence-corrected chi connectivity index (χ4v) is 3.51. The number of amides is 2. The number of hydrogen-bond donors (Lipinski definition) is 2. The minimum absolute atomic E-state index is 0. The normalized spacial score (nSPS) is 14.2. The summed E-state index contributed by atoms with van der Waals surface area (Å²) in [4.78, 5) is 29.2. The first-order valence-electron chi connectivity index (χ1n) is 9.86. The molecule has 1 aliphatic heterocycles. The van der Waals surface area contributed by atoms with Gasteiger partial charge in [0, 0.05) is 23.9 Å². The molecule has 0 saturated heterocycles. The highest BCUT2D eigenvalue weighted by atomic mass is 35.5. The number of pyridine rings is 1. The van der Waals surface area contributed by atoms with E-state index in [1.807, 2.05) is 6.07 Å². The summed E-state index contributed by atoms with van der Waals surface area (Å²) in [5.41, 5.74) is 1.93. The van der Waals surface area contributed by atoms with Gasteiger partial charge in [0.05, 0.1) is 28.9 Å². The second-order valence-corrected chi connectivity index (χ2v) is 7.45.